The maximum atomic E-state index is 11.7. The number of morpholine rings is 1. The van der Waals surface area contributed by atoms with Crippen LogP contribution in [0.1, 0.15) is 11.1 Å². The molecule has 3 N–H and O–H groups in total. The third kappa shape index (κ3) is 3.73. The second-order valence-corrected chi connectivity index (χ2v) is 6.88. The Balaban J connectivity index is 1.58. The predicted molar refractivity (Wildman–Crippen MR) is 110 cm³/mol. The number of aromatic nitrogens is 1. The third-order valence-corrected chi connectivity index (χ3v) is 5.19. The van der Waals surface area contributed by atoms with Crippen molar-refractivity contribution in [3.63, 3.8) is 0 Å². The molecule has 8 heteroatoms. The number of hydrogen-bond donors (Lipinski definition) is 3. The van der Waals surface area contributed by atoms with E-state index < -0.39 is 0 Å². The summed E-state index contributed by atoms with van der Waals surface area (Å²) >= 11 is 0. The van der Waals surface area contributed by atoms with Crippen LogP contribution in [0.4, 0.5) is 17.1 Å². The van der Waals surface area contributed by atoms with Crippen molar-refractivity contribution in [1.29, 1.82) is 5.26 Å². The predicted octanol–water partition coefficient (Wildman–Crippen LogP) is 3.33. The molecule has 0 saturated carbocycles. The molecule has 1 aromatic heterocycles. The summed E-state index contributed by atoms with van der Waals surface area (Å²) in [6, 6.07) is 13.5. The Morgan fingerprint density at radius 3 is 2.79 bits per heavy atom. The van der Waals surface area contributed by atoms with Gasteiger partial charge in [0.15, 0.2) is 0 Å². The number of H-pyrrole nitrogens is 1. The molecule has 1 aliphatic rings. The van der Waals surface area contributed by atoms with Crippen LogP contribution in [-0.2, 0) is 11.2 Å². The van der Waals surface area contributed by atoms with Gasteiger partial charge in [0.25, 0.3) is 4.92 Å². The molecule has 0 radical (unpaired) electrons. The van der Waals surface area contributed by atoms with Gasteiger partial charge in [-0.25, -0.2) is 5.21 Å². The van der Waals surface area contributed by atoms with Crippen molar-refractivity contribution in [1.82, 2.24) is 4.98 Å². The normalized spacial score (nSPS) is 14.0. The van der Waals surface area contributed by atoms with Crippen molar-refractivity contribution in [3.8, 4) is 6.07 Å². The second-order valence-electron chi connectivity index (χ2n) is 6.88. The number of rotatable bonds is 6. The number of benzene rings is 2. The first-order chi connectivity index (χ1) is 14.2. The van der Waals surface area contributed by atoms with Crippen LogP contribution in [0, 0.1) is 16.2 Å². The summed E-state index contributed by atoms with van der Waals surface area (Å²) in [4.78, 5) is 16.7. The van der Waals surface area contributed by atoms with Crippen LogP contribution in [0.3, 0.4) is 0 Å². The Labute approximate surface area is 167 Å². The highest BCUT2D eigenvalue weighted by atomic mass is 16.6. The summed E-state index contributed by atoms with van der Waals surface area (Å²) in [6.07, 6.45) is 2.78. The molecule has 0 amide bonds. The molecule has 0 bridgehead atoms. The molecule has 0 atom stereocenters. The lowest BCUT2D eigenvalue weighted by atomic mass is 10.1. The van der Waals surface area contributed by atoms with Crippen LogP contribution < -0.4 is 10.2 Å². The number of para-hydroxylation sites is 1. The average molecular weight is 392 g/mol. The van der Waals surface area contributed by atoms with Gasteiger partial charge < -0.3 is 19.9 Å². The van der Waals surface area contributed by atoms with Gasteiger partial charge >= 0.3 is 5.69 Å². The smallest absolute Gasteiger partial charge is 0.341 e. The fraction of sp³-hybridized carbons (Fsp3) is 0.286. The molecule has 2 aromatic carbocycles. The maximum absolute atomic E-state index is 11.7. The molecule has 148 valence electrons. The minimum absolute atomic E-state index is 0.0608. The molecular formula is C21H22N5O3+. The van der Waals surface area contributed by atoms with Crippen LogP contribution >= 0.6 is 0 Å². The lowest BCUT2D eigenvalue weighted by Crippen LogP contribution is -2.37. The molecule has 29 heavy (non-hydrogen) atoms. The van der Waals surface area contributed by atoms with E-state index >= 15 is 0 Å². The Bertz CT molecular complexity index is 1080. The molecule has 1 fully saturated rings. The van der Waals surface area contributed by atoms with Crippen molar-refractivity contribution in [2.75, 3.05) is 43.1 Å². The highest BCUT2D eigenvalue weighted by molar-refractivity contribution is 5.83. The molecule has 1 saturated heterocycles. The van der Waals surface area contributed by atoms with Crippen molar-refractivity contribution in [2.45, 2.75) is 6.42 Å². The number of ether oxygens (including phenoxy) is 1. The van der Waals surface area contributed by atoms with Gasteiger partial charge in [0.2, 0.25) is 0 Å². The first-order valence-corrected chi connectivity index (χ1v) is 9.54. The van der Waals surface area contributed by atoms with Gasteiger partial charge in [-0.05, 0) is 24.1 Å². The minimum Gasteiger partial charge on any atom is -0.384 e. The summed E-state index contributed by atoms with van der Waals surface area (Å²) in [5.74, 6) is 0. The van der Waals surface area contributed by atoms with Crippen LogP contribution in [0.15, 0.2) is 42.6 Å². The number of fused-ring (bicyclic) bond motifs is 1. The summed E-state index contributed by atoms with van der Waals surface area (Å²) in [5.41, 5.74) is 3.77. The van der Waals surface area contributed by atoms with Crippen LogP contribution in [0.25, 0.3) is 10.9 Å². The van der Waals surface area contributed by atoms with Crippen molar-refractivity contribution < 1.29 is 14.9 Å². The molecule has 8 nitrogen and oxygen atoms in total. The van der Waals surface area contributed by atoms with E-state index in [0.717, 1.165) is 11.9 Å². The van der Waals surface area contributed by atoms with E-state index in [9.17, 15) is 15.4 Å². The van der Waals surface area contributed by atoms with Gasteiger partial charge in [-0.1, -0.05) is 18.2 Å². The van der Waals surface area contributed by atoms with Gasteiger partial charge in [0.1, 0.15) is 17.3 Å². The van der Waals surface area contributed by atoms with Crippen LogP contribution in [-0.4, -0.2) is 48.0 Å². The van der Waals surface area contributed by atoms with Gasteiger partial charge in [-0.3, -0.25) is 0 Å². The molecule has 0 aliphatic carbocycles. The van der Waals surface area contributed by atoms with E-state index in [1.54, 1.807) is 6.07 Å². The maximum Gasteiger partial charge on any atom is 0.341 e. The third-order valence-electron chi connectivity index (χ3n) is 5.19. The minimum atomic E-state index is -0.179. The van der Waals surface area contributed by atoms with E-state index in [1.165, 1.54) is 17.0 Å². The number of nitrogens with one attached hydrogen (secondary N) is 2. The van der Waals surface area contributed by atoms with Crippen molar-refractivity contribution >= 4 is 28.0 Å². The first kappa shape index (κ1) is 18.8. The molecule has 2 heterocycles. The zero-order valence-electron chi connectivity index (χ0n) is 15.9. The summed E-state index contributed by atoms with van der Waals surface area (Å²) in [7, 11) is 0. The monoisotopic (exact) mass is 392 g/mol. The van der Waals surface area contributed by atoms with Crippen LogP contribution in [0.5, 0.6) is 0 Å². The summed E-state index contributed by atoms with van der Waals surface area (Å²) in [5, 5.41) is 23.8. The van der Waals surface area contributed by atoms with E-state index in [0.29, 0.717) is 49.8 Å². The van der Waals surface area contributed by atoms with Crippen molar-refractivity contribution in [3.05, 3.63) is 58.6 Å². The highest BCUT2D eigenvalue weighted by Gasteiger charge is 2.29. The number of hydrogen-bond acceptors (Lipinski definition) is 5. The molecule has 3 aromatic rings. The zero-order chi connectivity index (χ0) is 20.2. The largest absolute Gasteiger partial charge is 0.384 e. The van der Waals surface area contributed by atoms with Crippen molar-refractivity contribution in [2.24, 2.45) is 0 Å². The van der Waals surface area contributed by atoms with E-state index in [-0.39, 0.29) is 10.6 Å². The molecule has 0 unspecified atom stereocenters. The van der Waals surface area contributed by atoms with Gasteiger partial charge in [0.05, 0.1) is 23.8 Å². The fourth-order valence-corrected chi connectivity index (χ4v) is 3.77. The SMILES string of the molecule is N#Cc1c(NCCc2c[nH]c3ccccc23)ccc([N+](=O)O)c1N1CCOCC1. The highest BCUT2D eigenvalue weighted by Crippen LogP contribution is 2.36. The van der Waals surface area contributed by atoms with E-state index in [2.05, 4.69) is 22.4 Å². The fourth-order valence-electron chi connectivity index (χ4n) is 3.77. The average Bonchev–Trinajstić information content (AvgIpc) is 3.17. The summed E-state index contributed by atoms with van der Waals surface area (Å²) < 4.78 is 5.37. The molecular weight excluding hydrogens is 370 g/mol. The second kappa shape index (κ2) is 8.20. The zero-order valence-corrected chi connectivity index (χ0v) is 15.9. The first-order valence-electron chi connectivity index (χ1n) is 9.54. The van der Waals surface area contributed by atoms with Gasteiger partial charge in [0, 0.05) is 42.8 Å². The number of nitrogens with zero attached hydrogens (tertiary/aromatic N) is 3. The molecule has 4 rings (SSSR count). The van der Waals surface area contributed by atoms with E-state index in [1.807, 2.05) is 29.3 Å². The topological polar surface area (TPSA) is 104 Å². The van der Waals surface area contributed by atoms with E-state index in [4.69, 9.17) is 4.74 Å². The Morgan fingerprint density at radius 1 is 1.24 bits per heavy atom. The van der Waals surface area contributed by atoms with Crippen LogP contribution in [0.2, 0.25) is 0 Å². The quantitative estimate of drug-likeness (QED) is 0.556. The molecule has 0 spiro atoms. The Hall–Kier alpha value is -3.57. The molecule has 1 aliphatic heterocycles. The van der Waals surface area contributed by atoms with Gasteiger partial charge in [-0.15, -0.1) is 0 Å². The Kier molecular flexibility index (Phi) is 5.31. The number of aromatic amines is 1. The number of nitriles is 1. The lowest BCUT2D eigenvalue weighted by Gasteiger charge is -2.29. The van der Waals surface area contributed by atoms with Gasteiger partial charge in [-0.2, -0.15) is 5.26 Å². The Morgan fingerprint density at radius 2 is 2.03 bits per heavy atom. The number of anilines is 2. The summed E-state index contributed by atoms with van der Waals surface area (Å²) in [6.45, 7) is 2.74. The standard InChI is InChI=1S/C21H22N5O3/c22-13-17-19(23-8-7-15-14-24-18-4-2-1-3-16(15)18)5-6-20(26(27)28)21(17)25-9-11-29-12-10-25/h1-6,14,23-24H,7-12H2,(H,27,28)/q+1. The lowest BCUT2D eigenvalue weighted by molar-refractivity contribution is -0.729.